The van der Waals surface area contributed by atoms with E-state index in [4.69, 9.17) is 16.3 Å². The number of likely N-dealkylation sites (tertiary alicyclic amines) is 1. The molecule has 1 aliphatic rings. The van der Waals surface area contributed by atoms with Gasteiger partial charge in [0, 0.05) is 29.2 Å². The standard InChI is InChI=1S/C22H19ClF3NO4/c23-18-6-4-14(5-7-18)20(29)27-10-8-15(9-11-27)21(30)31-13-19(28)16-2-1-3-17(12-16)22(24,25)26/h1-7,12,15H,8-11,13H2. The van der Waals surface area contributed by atoms with Gasteiger partial charge in [-0.05, 0) is 49.2 Å². The molecule has 0 atom stereocenters. The second-order valence-corrected chi connectivity index (χ2v) is 7.62. The Bertz CT molecular complexity index is 967. The summed E-state index contributed by atoms with van der Waals surface area (Å²) >= 11 is 5.82. The number of halogens is 4. The van der Waals surface area contributed by atoms with Crippen LogP contribution in [0.2, 0.25) is 5.02 Å². The fourth-order valence-electron chi connectivity index (χ4n) is 3.30. The van der Waals surface area contributed by atoms with E-state index >= 15 is 0 Å². The molecule has 0 radical (unpaired) electrons. The normalized spacial score (nSPS) is 14.9. The van der Waals surface area contributed by atoms with Gasteiger partial charge in [-0.2, -0.15) is 13.2 Å². The molecule has 1 saturated heterocycles. The summed E-state index contributed by atoms with van der Waals surface area (Å²) in [5.74, 6) is -1.96. The summed E-state index contributed by atoms with van der Waals surface area (Å²) in [4.78, 5) is 38.5. The average Bonchev–Trinajstić information content (AvgIpc) is 2.77. The Hall–Kier alpha value is -2.87. The van der Waals surface area contributed by atoms with E-state index in [1.165, 1.54) is 6.07 Å². The quantitative estimate of drug-likeness (QED) is 0.489. The van der Waals surface area contributed by atoms with Gasteiger partial charge in [0.05, 0.1) is 11.5 Å². The van der Waals surface area contributed by atoms with Crippen molar-refractivity contribution in [3.8, 4) is 0 Å². The molecule has 2 aromatic carbocycles. The highest BCUT2D eigenvalue weighted by atomic mass is 35.5. The number of hydrogen-bond acceptors (Lipinski definition) is 4. The van der Waals surface area contributed by atoms with Gasteiger partial charge in [0.2, 0.25) is 0 Å². The second kappa shape index (κ2) is 9.51. The lowest BCUT2D eigenvalue weighted by Gasteiger charge is -2.31. The van der Waals surface area contributed by atoms with Crippen LogP contribution in [0.15, 0.2) is 48.5 Å². The third-order valence-electron chi connectivity index (χ3n) is 5.06. The van der Waals surface area contributed by atoms with E-state index in [0.29, 0.717) is 36.5 Å². The van der Waals surface area contributed by atoms with Gasteiger partial charge in [0.1, 0.15) is 0 Å². The number of carbonyl (C=O) groups excluding carboxylic acids is 3. The lowest BCUT2D eigenvalue weighted by Crippen LogP contribution is -2.40. The first-order valence-corrected chi connectivity index (χ1v) is 9.95. The summed E-state index contributed by atoms with van der Waals surface area (Å²) in [6.45, 7) is 0.0651. The minimum absolute atomic E-state index is 0.164. The van der Waals surface area contributed by atoms with Gasteiger partial charge in [-0.3, -0.25) is 14.4 Å². The van der Waals surface area contributed by atoms with Crippen LogP contribution >= 0.6 is 11.6 Å². The number of esters is 1. The van der Waals surface area contributed by atoms with Crippen molar-refractivity contribution in [3.05, 3.63) is 70.2 Å². The van der Waals surface area contributed by atoms with Crippen LogP contribution in [-0.4, -0.2) is 42.3 Å². The number of nitrogens with zero attached hydrogens (tertiary/aromatic N) is 1. The number of alkyl halides is 3. The molecule has 0 aliphatic carbocycles. The number of carbonyl (C=O) groups is 3. The van der Waals surface area contributed by atoms with Gasteiger partial charge < -0.3 is 9.64 Å². The van der Waals surface area contributed by atoms with Crippen molar-refractivity contribution in [2.45, 2.75) is 19.0 Å². The molecule has 164 valence electrons. The first kappa shape index (κ1) is 22.8. The molecule has 0 bridgehead atoms. The fourth-order valence-corrected chi connectivity index (χ4v) is 3.43. The molecular formula is C22H19ClF3NO4. The zero-order valence-electron chi connectivity index (χ0n) is 16.3. The molecular weight excluding hydrogens is 435 g/mol. The third-order valence-corrected chi connectivity index (χ3v) is 5.32. The summed E-state index contributed by atoms with van der Waals surface area (Å²) in [6.07, 6.45) is -3.82. The molecule has 31 heavy (non-hydrogen) atoms. The Balaban J connectivity index is 1.49. The number of hydrogen-bond donors (Lipinski definition) is 0. The number of amides is 1. The number of rotatable bonds is 5. The minimum atomic E-state index is -4.57. The molecule has 1 fully saturated rings. The molecule has 1 aliphatic heterocycles. The summed E-state index contributed by atoms with van der Waals surface area (Å²) in [5.41, 5.74) is -0.620. The molecule has 0 aromatic heterocycles. The van der Waals surface area contributed by atoms with Crippen LogP contribution in [0, 0.1) is 5.92 Å². The van der Waals surface area contributed by atoms with Crippen molar-refractivity contribution in [1.29, 1.82) is 0 Å². The predicted molar refractivity (Wildman–Crippen MR) is 107 cm³/mol. The first-order valence-electron chi connectivity index (χ1n) is 9.57. The van der Waals surface area contributed by atoms with Gasteiger partial charge in [-0.15, -0.1) is 0 Å². The summed E-state index contributed by atoms with van der Waals surface area (Å²) < 4.78 is 43.3. The van der Waals surface area contributed by atoms with Crippen molar-refractivity contribution in [2.75, 3.05) is 19.7 Å². The molecule has 1 heterocycles. The van der Waals surface area contributed by atoms with E-state index in [2.05, 4.69) is 0 Å². The van der Waals surface area contributed by atoms with Gasteiger partial charge in [-0.1, -0.05) is 23.7 Å². The topological polar surface area (TPSA) is 63.7 Å². The van der Waals surface area contributed by atoms with Crippen LogP contribution in [0.25, 0.3) is 0 Å². The molecule has 0 saturated carbocycles. The van der Waals surface area contributed by atoms with E-state index in [1.807, 2.05) is 0 Å². The zero-order valence-corrected chi connectivity index (χ0v) is 17.1. The SMILES string of the molecule is O=C(COC(=O)C1CCN(C(=O)c2ccc(Cl)cc2)CC1)c1cccc(C(F)(F)F)c1. The number of benzene rings is 2. The molecule has 0 spiro atoms. The van der Waals surface area contributed by atoms with E-state index in [0.717, 1.165) is 18.2 Å². The summed E-state index contributed by atoms with van der Waals surface area (Å²) in [5, 5.41) is 0.526. The highest BCUT2D eigenvalue weighted by Crippen LogP contribution is 2.29. The Morgan fingerprint density at radius 2 is 1.65 bits per heavy atom. The highest BCUT2D eigenvalue weighted by molar-refractivity contribution is 6.30. The van der Waals surface area contributed by atoms with Crippen molar-refractivity contribution in [1.82, 2.24) is 4.90 Å². The monoisotopic (exact) mass is 453 g/mol. The maximum absolute atomic E-state index is 12.8. The van der Waals surface area contributed by atoms with Gasteiger partial charge in [0.15, 0.2) is 12.4 Å². The van der Waals surface area contributed by atoms with Crippen LogP contribution in [-0.2, 0) is 15.7 Å². The van der Waals surface area contributed by atoms with E-state index in [9.17, 15) is 27.6 Å². The number of ether oxygens (including phenoxy) is 1. The molecule has 5 nitrogen and oxygen atoms in total. The number of piperidine rings is 1. The molecule has 2 aromatic rings. The van der Waals surface area contributed by atoms with Crippen molar-refractivity contribution in [3.63, 3.8) is 0 Å². The Morgan fingerprint density at radius 3 is 2.26 bits per heavy atom. The number of Topliss-reactive ketones (excluding diaryl/α,β-unsaturated/α-hetero) is 1. The lowest BCUT2D eigenvalue weighted by atomic mass is 9.96. The van der Waals surface area contributed by atoms with Gasteiger partial charge in [0.25, 0.3) is 5.91 Å². The maximum Gasteiger partial charge on any atom is 0.416 e. The van der Waals surface area contributed by atoms with E-state index in [-0.39, 0.29) is 11.5 Å². The molecule has 3 rings (SSSR count). The molecule has 9 heteroatoms. The van der Waals surface area contributed by atoms with E-state index < -0.39 is 36.0 Å². The van der Waals surface area contributed by atoms with Gasteiger partial charge >= 0.3 is 12.1 Å². The Labute approximate surface area is 181 Å². The predicted octanol–water partition coefficient (Wildman–Crippen LogP) is 4.64. The van der Waals surface area contributed by atoms with Gasteiger partial charge in [-0.25, -0.2) is 0 Å². The third kappa shape index (κ3) is 5.85. The highest BCUT2D eigenvalue weighted by Gasteiger charge is 2.32. The first-order chi connectivity index (χ1) is 14.6. The zero-order chi connectivity index (χ0) is 22.6. The minimum Gasteiger partial charge on any atom is -0.457 e. The maximum atomic E-state index is 12.8. The lowest BCUT2D eigenvalue weighted by molar-refractivity contribution is -0.148. The summed E-state index contributed by atoms with van der Waals surface area (Å²) in [6, 6.07) is 10.5. The average molecular weight is 454 g/mol. The van der Waals surface area contributed by atoms with Crippen LogP contribution in [0.1, 0.15) is 39.1 Å². The molecule has 0 unspecified atom stereocenters. The van der Waals surface area contributed by atoms with Crippen molar-refractivity contribution < 1.29 is 32.3 Å². The van der Waals surface area contributed by atoms with Crippen LogP contribution in [0.3, 0.4) is 0 Å². The van der Waals surface area contributed by atoms with Crippen LogP contribution in [0.4, 0.5) is 13.2 Å². The van der Waals surface area contributed by atoms with Crippen molar-refractivity contribution in [2.24, 2.45) is 5.92 Å². The Kier molecular flexibility index (Phi) is 7.00. The molecule has 0 N–H and O–H groups in total. The summed E-state index contributed by atoms with van der Waals surface area (Å²) in [7, 11) is 0. The molecule has 1 amide bonds. The van der Waals surface area contributed by atoms with Crippen molar-refractivity contribution >= 4 is 29.3 Å². The largest absolute Gasteiger partial charge is 0.457 e. The van der Waals surface area contributed by atoms with Crippen LogP contribution < -0.4 is 0 Å². The Morgan fingerprint density at radius 1 is 1.00 bits per heavy atom. The van der Waals surface area contributed by atoms with Crippen LogP contribution in [0.5, 0.6) is 0 Å². The smallest absolute Gasteiger partial charge is 0.416 e. The number of ketones is 1. The van der Waals surface area contributed by atoms with E-state index in [1.54, 1.807) is 29.2 Å². The second-order valence-electron chi connectivity index (χ2n) is 7.18. The fraction of sp³-hybridized carbons (Fsp3) is 0.318.